The maximum absolute atomic E-state index is 9.89. The van der Waals surface area contributed by atoms with E-state index in [0.717, 1.165) is 19.3 Å². The Hall–Kier alpha value is -0.460. The molecule has 0 aliphatic carbocycles. The molecule has 5 heteroatoms. The van der Waals surface area contributed by atoms with Crippen LogP contribution in [0.15, 0.2) is 12.7 Å². The summed E-state index contributed by atoms with van der Waals surface area (Å²) in [6.45, 7) is 4.05. The molecule has 124 valence electrons. The number of unbranched alkanes of at least 4 members (excludes halogenated alkanes) is 6. The number of aliphatic hydroxyl groups is 3. The second kappa shape index (κ2) is 11.2. The molecule has 1 fully saturated rings. The van der Waals surface area contributed by atoms with E-state index >= 15 is 0 Å². The lowest BCUT2D eigenvalue weighted by Crippen LogP contribution is -2.55. The summed E-state index contributed by atoms with van der Waals surface area (Å²) in [6, 6.07) is 0. The summed E-state index contributed by atoms with van der Waals surface area (Å²) < 4.78 is 10.9. The van der Waals surface area contributed by atoms with Gasteiger partial charge in [-0.3, -0.25) is 0 Å². The first kappa shape index (κ1) is 18.6. The fourth-order valence-corrected chi connectivity index (χ4v) is 2.53. The van der Waals surface area contributed by atoms with Crippen molar-refractivity contribution in [1.82, 2.24) is 0 Å². The molecular formula is C16H30O5. The average molecular weight is 302 g/mol. The highest BCUT2D eigenvalue weighted by molar-refractivity contribution is 4.87. The van der Waals surface area contributed by atoms with Gasteiger partial charge in [-0.15, -0.1) is 6.58 Å². The van der Waals surface area contributed by atoms with E-state index in [1.165, 1.54) is 25.7 Å². The van der Waals surface area contributed by atoms with Crippen LogP contribution in [0.25, 0.3) is 0 Å². The van der Waals surface area contributed by atoms with Gasteiger partial charge >= 0.3 is 0 Å². The zero-order valence-corrected chi connectivity index (χ0v) is 12.8. The molecule has 0 aromatic heterocycles. The largest absolute Gasteiger partial charge is 0.394 e. The minimum absolute atomic E-state index is 0.0387. The molecule has 1 aliphatic heterocycles. The molecule has 5 nitrogen and oxygen atoms in total. The SMILES string of the molecule is C=CCCCCCCCCO[C@H]1[C@H](O)[C@@H](O)CO[C@@H]1CO. The van der Waals surface area contributed by atoms with Crippen molar-refractivity contribution >= 4 is 0 Å². The van der Waals surface area contributed by atoms with Gasteiger partial charge < -0.3 is 24.8 Å². The summed E-state index contributed by atoms with van der Waals surface area (Å²) in [6.07, 6.45) is 6.76. The van der Waals surface area contributed by atoms with Crippen molar-refractivity contribution in [2.24, 2.45) is 0 Å². The summed E-state index contributed by atoms with van der Waals surface area (Å²) in [4.78, 5) is 0. The van der Waals surface area contributed by atoms with Crippen molar-refractivity contribution in [2.75, 3.05) is 19.8 Å². The third-order valence-corrected chi connectivity index (χ3v) is 3.87. The highest BCUT2D eigenvalue weighted by Crippen LogP contribution is 2.19. The second-order valence-electron chi connectivity index (χ2n) is 5.65. The number of hydrogen-bond donors (Lipinski definition) is 3. The van der Waals surface area contributed by atoms with Gasteiger partial charge in [0.1, 0.15) is 24.4 Å². The molecule has 21 heavy (non-hydrogen) atoms. The second-order valence-corrected chi connectivity index (χ2v) is 5.65. The normalized spacial score (nSPS) is 29.5. The fourth-order valence-electron chi connectivity index (χ4n) is 2.53. The molecule has 0 amide bonds. The van der Waals surface area contributed by atoms with E-state index in [4.69, 9.17) is 9.47 Å². The summed E-state index contributed by atoms with van der Waals surface area (Å²) in [7, 11) is 0. The van der Waals surface area contributed by atoms with E-state index in [2.05, 4.69) is 6.58 Å². The molecule has 0 bridgehead atoms. The number of hydrogen-bond acceptors (Lipinski definition) is 5. The zero-order valence-electron chi connectivity index (χ0n) is 12.8. The Bertz CT molecular complexity index is 269. The third kappa shape index (κ3) is 6.89. The molecule has 1 heterocycles. The van der Waals surface area contributed by atoms with E-state index in [9.17, 15) is 15.3 Å². The van der Waals surface area contributed by atoms with Gasteiger partial charge in [0.05, 0.1) is 13.2 Å². The fraction of sp³-hybridized carbons (Fsp3) is 0.875. The van der Waals surface area contributed by atoms with Crippen LogP contribution in [0.4, 0.5) is 0 Å². The third-order valence-electron chi connectivity index (χ3n) is 3.87. The molecule has 0 saturated carbocycles. The van der Waals surface area contributed by atoms with Crippen molar-refractivity contribution in [2.45, 2.75) is 69.4 Å². The van der Waals surface area contributed by atoms with E-state index in [1.807, 2.05) is 6.08 Å². The zero-order chi connectivity index (χ0) is 15.5. The predicted molar refractivity (Wildman–Crippen MR) is 81.1 cm³/mol. The minimum atomic E-state index is -0.991. The Balaban J connectivity index is 2.08. The van der Waals surface area contributed by atoms with Crippen LogP contribution >= 0.6 is 0 Å². The molecule has 1 rings (SSSR count). The van der Waals surface area contributed by atoms with Gasteiger partial charge in [-0.1, -0.05) is 31.8 Å². The summed E-state index contributed by atoms with van der Waals surface area (Å²) in [5, 5.41) is 28.7. The molecule has 0 spiro atoms. The standard InChI is InChI=1S/C16H30O5/c1-2-3-4-5-6-7-8-9-10-20-16-14(11-17)21-12-13(18)15(16)19/h2,13-19H,1,3-12H2/t13-,14+,15+,16+/m0/s1. The van der Waals surface area contributed by atoms with Crippen LogP contribution in [-0.2, 0) is 9.47 Å². The number of rotatable bonds is 11. The summed E-state index contributed by atoms with van der Waals surface area (Å²) in [5.41, 5.74) is 0. The lowest BCUT2D eigenvalue weighted by atomic mass is 10.0. The van der Waals surface area contributed by atoms with Crippen molar-refractivity contribution in [1.29, 1.82) is 0 Å². The minimum Gasteiger partial charge on any atom is -0.394 e. The van der Waals surface area contributed by atoms with Crippen LogP contribution in [0.5, 0.6) is 0 Å². The maximum Gasteiger partial charge on any atom is 0.114 e. The van der Waals surface area contributed by atoms with Crippen LogP contribution in [0.3, 0.4) is 0 Å². The molecule has 0 aromatic rings. The molecule has 4 atom stereocenters. The first-order valence-electron chi connectivity index (χ1n) is 8.01. The van der Waals surface area contributed by atoms with Crippen LogP contribution < -0.4 is 0 Å². The van der Waals surface area contributed by atoms with E-state index in [-0.39, 0.29) is 13.2 Å². The molecule has 0 aromatic carbocycles. The lowest BCUT2D eigenvalue weighted by Gasteiger charge is -2.37. The van der Waals surface area contributed by atoms with Gasteiger partial charge in [0.25, 0.3) is 0 Å². The lowest BCUT2D eigenvalue weighted by molar-refractivity contribution is -0.211. The Morgan fingerprint density at radius 1 is 1.10 bits per heavy atom. The maximum atomic E-state index is 9.89. The number of ether oxygens (including phenoxy) is 2. The van der Waals surface area contributed by atoms with Gasteiger partial charge in [-0.25, -0.2) is 0 Å². The summed E-state index contributed by atoms with van der Waals surface area (Å²) in [5.74, 6) is 0. The van der Waals surface area contributed by atoms with Gasteiger partial charge in [0.2, 0.25) is 0 Å². The Labute approximate surface area is 127 Å². The molecule has 0 unspecified atom stereocenters. The molecule has 1 aliphatic rings. The Morgan fingerprint density at radius 3 is 2.43 bits per heavy atom. The molecule has 0 radical (unpaired) electrons. The molecular weight excluding hydrogens is 272 g/mol. The smallest absolute Gasteiger partial charge is 0.114 e. The van der Waals surface area contributed by atoms with Gasteiger partial charge in [0.15, 0.2) is 0 Å². The highest BCUT2D eigenvalue weighted by atomic mass is 16.6. The Morgan fingerprint density at radius 2 is 1.76 bits per heavy atom. The van der Waals surface area contributed by atoms with E-state index < -0.39 is 24.4 Å². The van der Waals surface area contributed by atoms with Crippen LogP contribution in [0.1, 0.15) is 44.9 Å². The van der Waals surface area contributed by atoms with E-state index in [1.54, 1.807) is 0 Å². The van der Waals surface area contributed by atoms with Crippen LogP contribution in [-0.4, -0.2) is 59.6 Å². The van der Waals surface area contributed by atoms with Gasteiger partial charge in [-0.05, 0) is 19.3 Å². The van der Waals surface area contributed by atoms with Crippen LogP contribution in [0, 0.1) is 0 Å². The summed E-state index contributed by atoms with van der Waals surface area (Å²) >= 11 is 0. The predicted octanol–water partition coefficient (Wildman–Crippen LogP) is 1.40. The van der Waals surface area contributed by atoms with Crippen molar-refractivity contribution in [3.05, 3.63) is 12.7 Å². The van der Waals surface area contributed by atoms with Gasteiger partial charge in [-0.2, -0.15) is 0 Å². The number of aliphatic hydroxyl groups excluding tert-OH is 3. The van der Waals surface area contributed by atoms with E-state index in [0.29, 0.717) is 6.61 Å². The molecule has 3 N–H and O–H groups in total. The first-order chi connectivity index (χ1) is 10.2. The molecule has 1 saturated heterocycles. The number of allylic oxidation sites excluding steroid dienone is 1. The highest BCUT2D eigenvalue weighted by Gasteiger charge is 2.39. The monoisotopic (exact) mass is 302 g/mol. The topological polar surface area (TPSA) is 79.2 Å². The first-order valence-corrected chi connectivity index (χ1v) is 8.01. The quantitative estimate of drug-likeness (QED) is 0.397. The van der Waals surface area contributed by atoms with Crippen molar-refractivity contribution in [3.8, 4) is 0 Å². The Kier molecular flexibility index (Phi) is 9.87. The average Bonchev–Trinajstić information content (AvgIpc) is 2.49. The van der Waals surface area contributed by atoms with Crippen molar-refractivity contribution in [3.63, 3.8) is 0 Å². The van der Waals surface area contributed by atoms with Crippen molar-refractivity contribution < 1.29 is 24.8 Å². The van der Waals surface area contributed by atoms with Crippen LogP contribution in [0.2, 0.25) is 0 Å². The van der Waals surface area contributed by atoms with Gasteiger partial charge in [0, 0.05) is 6.61 Å².